The molecule has 152 valence electrons. The van der Waals surface area contributed by atoms with Crippen molar-refractivity contribution in [1.29, 1.82) is 0 Å². The Hall–Kier alpha value is -1.87. The zero-order chi connectivity index (χ0) is 18.9. The van der Waals surface area contributed by atoms with E-state index in [0.717, 1.165) is 43.1 Å². The smallest absolute Gasteiger partial charge is 0.188 e. The van der Waals surface area contributed by atoms with E-state index in [2.05, 4.69) is 40.4 Å². The van der Waals surface area contributed by atoms with E-state index in [1.165, 1.54) is 5.56 Å². The molecule has 3 rings (SSSR count). The second-order valence-electron chi connectivity index (χ2n) is 6.85. The predicted octanol–water partition coefficient (Wildman–Crippen LogP) is 3.07. The van der Waals surface area contributed by atoms with Gasteiger partial charge in [0.1, 0.15) is 5.75 Å². The van der Waals surface area contributed by atoms with Crippen molar-refractivity contribution < 1.29 is 9.47 Å². The maximum Gasteiger partial charge on any atom is 0.188 e. The molecular formula is C21H29IN4O2. The van der Waals surface area contributed by atoms with Crippen molar-refractivity contribution in [2.45, 2.75) is 26.3 Å². The van der Waals surface area contributed by atoms with Gasteiger partial charge < -0.3 is 20.5 Å². The maximum atomic E-state index is 6.05. The van der Waals surface area contributed by atoms with Gasteiger partial charge in [-0.1, -0.05) is 18.2 Å². The lowest BCUT2D eigenvalue weighted by Crippen LogP contribution is -2.33. The summed E-state index contributed by atoms with van der Waals surface area (Å²) in [6, 6.07) is 12.1. The molecule has 28 heavy (non-hydrogen) atoms. The van der Waals surface area contributed by atoms with Crippen molar-refractivity contribution in [2.75, 3.05) is 26.4 Å². The number of guanidine groups is 1. The second-order valence-corrected chi connectivity index (χ2v) is 6.85. The molecule has 0 spiro atoms. The lowest BCUT2D eigenvalue weighted by atomic mass is 10.1. The van der Waals surface area contributed by atoms with Crippen LogP contribution < -0.4 is 15.8 Å². The van der Waals surface area contributed by atoms with E-state index < -0.39 is 0 Å². The molecule has 1 atom stereocenters. The highest BCUT2D eigenvalue weighted by molar-refractivity contribution is 14.0. The van der Waals surface area contributed by atoms with Gasteiger partial charge in [-0.2, -0.15) is 0 Å². The van der Waals surface area contributed by atoms with Crippen molar-refractivity contribution >= 4 is 29.9 Å². The third-order valence-corrected chi connectivity index (χ3v) is 4.55. The van der Waals surface area contributed by atoms with Gasteiger partial charge in [-0.3, -0.25) is 4.98 Å². The van der Waals surface area contributed by atoms with Gasteiger partial charge in [0.15, 0.2) is 5.96 Å². The molecule has 1 fully saturated rings. The van der Waals surface area contributed by atoms with E-state index in [1.807, 2.05) is 18.2 Å². The van der Waals surface area contributed by atoms with Crippen molar-refractivity contribution in [3.63, 3.8) is 0 Å². The van der Waals surface area contributed by atoms with Crippen LogP contribution in [-0.4, -0.2) is 37.3 Å². The first kappa shape index (κ1) is 22.4. The molecular weight excluding hydrogens is 467 g/mol. The molecule has 3 N–H and O–H groups in total. The minimum atomic E-state index is 0. The summed E-state index contributed by atoms with van der Waals surface area (Å²) in [6.07, 6.45) is 3.66. The molecule has 1 aromatic heterocycles. The van der Waals surface area contributed by atoms with Crippen molar-refractivity contribution in [3.8, 4) is 5.75 Å². The van der Waals surface area contributed by atoms with E-state index in [-0.39, 0.29) is 24.0 Å². The van der Waals surface area contributed by atoms with E-state index in [0.29, 0.717) is 31.6 Å². The van der Waals surface area contributed by atoms with Gasteiger partial charge in [0.25, 0.3) is 0 Å². The average Bonchev–Trinajstić information content (AvgIpc) is 3.20. The summed E-state index contributed by atoms with van der Waals surface area (Å²) in [7, 11) is 0. The molecule has 2 aromatic rings. The Bertz CT molecular complexity index is 749. The highest BCUT2D eigenvalue weighted by Gasteiger charge is 2.17. The number of benzene rings is 1. The van der Waals surface area contributed by atoms with Crippen LogP contribution in [0.1, 0.15) is 23.2 Å². The van der Waals surface area contributed by atoms with Gasteiger partial charge in [0.05, 0.1) is 19.8 Å². The van der Waals surface area contributed by atoms with Gasteiger partial charge in [-0.05, 0) is 37.1 Å². The van der Waals surface area contributed by atoms with Gasteiger partial charge >= 0.3 is 0 Å². The zero-order valence-electron chi connectivity index (χ0n) is 16.3. The molecule has 2 heterocycles. The molecule has 1 saturated heterocycles. The van der Waals surface area contributed by atoms with Gasteiger partial charge in [0, 0.05) is 42.9 Å². The minimum absolute atomic E-state index is 0. The first-order valence-electron chi connectivity index (χ1n) is 9.44. The Morgan fingerprint density at radius 3 is 3.00 bits per heavy atom. The molecule has 0 bridgehead atoms. The SMILES string of the molecule is Cc1ccc(CN=C(N)NCCc2ccccn2)c(OCC2CCOC2)c1.I. The summed E-state index contributed by atoms with van der Waals surface area (Å²) in [6.45, 7) is 5.54. The summed E-state index contributed by atoms with van der Waals surface area (Å²) in [5.74, 6) is 1.79. The summed E-state index contributed by atoms with van der Waals surface area (Å²) in [4.78, 5) is 8.75. The number of hydrogen-bond donors (Lipinski definition) is 2. The number of ether oxygens (including phenoxy) is 2. The molecule has 1 unspecified atom stereocenters. The highest BCUT2D eigenvalue weighted by Crippen LogP contribution is 2.23. The molecule has 0 aliphatic carbocycles. The number of nitrogens with one attached hydrogen (secondary N) is 1. The van der Waals surface area contributed by atoms with Crippen LogP contribution in [0.3, 0.4) is 0 Å². The Morgan fingerprint density at radius 2 is 2.25 bits per heavy atom. The quantitative estimate of drug-likeness (QED) is 0.334. The first-order valence-corrected chi connectivity index (χ1v) is 9.44. The second kappa shape index (κ2) is 11.9. The van der Waals surface area contributed by atoms with E-state index in [4.69, 9.17) is 15.2 Å². The molecule has 1 aromatic carbocycles. The molecule has 0 amide bonds. The van der Waals surface area contributed by atoms with Crippen molar-refractivity contribution in [3.05, 3.63) is 59.4 Å². The van der Waals surface area contributed by atoms with Gasteiger partial charge in [-0.25, -0.2) is 4.99 Å². The average molecular weight is 496 g/mol. The number of aromatic nitrogens is 1. The minimum Gasteiger partial charge on any atom is -0.493 e. The molecule has 1 aliphatic heterocycles. The fraction of sp³-hybridized carbons (Fsp3) is 0.429. The molecule has 7 heteroatoms. The number of aryl methyl sites for hydroxylation is 1. The van der Waals surface area contributed by atoms with Gasteiger partial charge in [-0.15, -0.1) is 24.0 Å². The summed E-state index contributed by atoms with van der Waals surface area (Å²) in [5, 5.41) is 3.14. The Kier molecular flexibility index (Phi) is 9.49. The highest BCUT2D eigenvalue weighted by atomic mass is 127. The molecule has 1 aliphatic rings. The molecule has 6 nitrogen and oxygen atoms in total. The topological polar surface area (TPSA) is 81.8 Å². The number of aliphatic imine (C=N–C) groups is 1. The Labute approximate surface area is 184 Å². The van der Waals surface area contributed by atoms with E-state index in [1.54, 1.807) is 6.20 Å². The lowest BCUT2D eigenvalue weighted by molar-refractivity contribution is 0.166. The number of hydrogen-bond acceptors (Lipinski definition) is 4. The lowest BCUT2D eigenvalue weighted by Gasteiger charge is -2.14. The summed E-state index contributed by atoms with van der Waals surface area (Å²) >= 11 is 0. The zero-order valence-corrected chi connectivity index (χ0v) is 18.6. The monoisotopic (exact) mass is 496 g/mol. The van der Waals surface area contributed by atoms with Crippen LogP contribution in [0.4, 0.5) is 0 Å². The standard InChI is InChI=1S/C21H28N4O2.HI/c1-16-5-6-18(20(12-16)27-15-17-8-11-26-14-17)13-25-21(22)24-10-7-19-4-2-3-9-23-19;/h2-6,9,12,17H,7-8,10-11,13-15H2,1H3,(H3,22,24,25);1H. The number of pyridine rings is 1. The van der Waals surface area contributed by atoms with Crippen molar-refractivity contribution in [2.24, 2.45) is 16.6 Å². The van der Waals surface area contributed by atoms with Crippen LogP contribution in [-0.2, 0) is 17.7 Å². The van der Waals surface area contributed by atoms with Crippen LogP contribution >= 0.6 is 24.0 Å². The number of nitrogens with zero attached hydrogens (tertiary/aromatic N) is 2. The number of nitrogens with two attached hydrogens (primary N) is 1. The van der Waals surface area contributed by atoms with Crippen LogP contribution in [0.25, 0.3) is 0 Å². The fourth-order valence-corrected chi connectivity index (χ4v) is 2.94. The maximum absolute atomic E-state index is 6.05. The molecule has 0 radical (unpaired) electrons. The van der Waals surface area contributed by atoms with Crippen LogP contribution in [0.15, 0.2) is 47.6 Å². The van der Waals surface area contributed by atoms with Crippen LogP contribution in [0, 0.1) is 12.8 Å². The van der Waals surface area contributed by atoms with Gasteiger partial charge in [0.2, 0.25) is 0 Å². The van der Waals surface area contributed by atoms with E-state index >= 15 is 0 Å². The number of rotatable bonds is 8. The summed E-state index contributed by atoms with van der Waals surface area (Å²) < 4.78 is 11.5. The first-order chi connectivity index (χ1) is 13.2. The predicted molar refractivity (Wildman–Crippen MR) is 122 cm³/mol. The summed E-state index contributed by atoms with van der Waals surface area (Å²) in [5.41, 5.74) is 9.24. The third kappa shape index (κ3) is 7.27. The number of halogens is 1. The Balaban J connectivity index is 0.00000280. The van der Waals surface area contributed by atoms with Crippen molar-refractivity contribution in [1.82, 2.24) is 10.3 Å². The van der Waals surface area contributed by atoms with Crippen LogP contribution in [0.2, 0.25) is 0 Å². The third-order valence-electron chi connectivity index (χ3n) is 4.55. The molecule has 0 saturated carbocycles. The largest absolute Gasteiger partial charge is 0.493 e. The van der Waals surface area contributed by atoms with E-state index in [9.17, 15) is 0 Å². The van der Waals surface area contributed by atoms with Crippen LogP contribution in [0.5, 0.6) is 5.75 Å². The normalized spacial score (nSPS) is 16.5. The Morgan fingerprint density at radius 1 is 1.36 bits per heavy atom. The fourth-order valence-electron chi connectivity index (χ4n) is 2.94.